The van der Waals surface area contributed by atoms with Crippen molar-refractivity contribution in [2.75, 3.05) is 23.8 Å². The molecule has 4 rings (SSSR count). The Morgan fingerprint density at radius 3 is 2.41 bits per heavy atom. The van der Waals surface area contributed by atoms with Crippen LogP contribution in [-0.2, 0) is 6.42 Å². The maximum Gasteiger partial charge on any atom is 0.0417 e. The van der Waals surface area contributed by atoms with Crippen molar-refractivity contribution >= 4 is 17.1 Å². The number of hydrogen-bond acceptors (Lipinski definition) is 2. The first-order valence-corrected chi connectivity index (χ1v) is 9.81. The van der Waals surface area contributed by atoms with Crippen LogP contribution in [0.5, 0.6) is 0 Å². The third kappa shape index (κ3) is 3.57. The van der Waals surface area contributed by atoms with E-state index in [4.69, 9.17) is 0 Å². The Labute approximate surface area is 162 Å². The second-order valence-corrected chi connectivity index (χ2v) is 8.11. The van der Waals surface area contributed by atoms with Crippen LogP contribution in [0.2, 0.25) is 0 Å². The molecule has 0 heterocycles. The minimum atomic E-state index is 0.657. The number of fused-ring (bicyclic) bond motifs is 3. The predicted molar refractivity (Wildman–Crippen MR) is 117 cm³/mol. The van der Waals surface area contributed by atoms with Crippen LogP contribution in [0.1, 0.15) is 30.5 Å². The molecule has 0 fully saturated rings. The Morgan fingerprint density at radius 1 is 0.926 bits per heavy atom. The second-order valence-electron chi connectivity index (χ2n) is 8.11. The summed E-state index contributed by atoms with van der Waals surface area (Å²) in [6.45, 7) is 7.80. The van der Waals surface area contributed by atoms with E-state index in [0.717, 1.165) is 18.7 Å². The Morgan fingerprint density at radius 2 is 1.67 bits per heavy atom. The molecule has 0 aliphatic heterocycles. The minimum absolute atomic E-state index is 0.657. The highest BCUT2D eigenvalue weighted by Gasteiger charge is 2.21. The number of rotatable bonds is 5. The molecule has 1 aliphatic rings. The first-order chi connectivity index (χ1) is 13.0. The van der Waals surface area contributed by atoms with E-state index in [0.29, 0.717) is 5.92 Å². The molecule has 0 saturated carbocycles. The zero-order valence-electron chi connectivity index (χ0n) is 16.7. The lowest BCUT2D eigenvalue weighted by Gasteiger charge is -2.22. The summed E-state index contributed by atoms with van der Waals surface area (Å²) in [5.74, 6) is 0.657. The summed E-state index contributed by atoms with van der Waals surface area (Å²) in [7, 11) is 2.19. The van der Waals surface area contributed by atoms with Crippen molar-refractivity contribution in [2.24, 2.45) is 5.92 Å². The lowest BCUT2D eigenvalue weighted by molar-refractivity contribution is 0.638. The summed E-state index contributed by atoms with van der Waals surface area (Å²) in [5.41, 5.74) is 10.6. The highest BCUT2D eigenvalue weighted by atomic mass is 15.1. The molecule has 0 radical (unpaired) electrons. The lowest BCUT2D eigenvalue weighted by atomic mass is 10.0. The van der Waals surface area contributed by atoms with Gasteiger partial charge in [0.25, 0.3) is 0 Å². The number of anilines is 3. The molecule has 0 spiro atoms. The standard InChI is InChI=1S/C25H28N2/c1-17(2)16-27(4)22-11-10-19-13-20-14-25(26-21-8-6-5-7-9-21)18(3)12-23(20)24(19)15-22/h5-12,14-15,17,26H,13,16H2,1-4H3. The summed E-state index contributed by atoms with van der Waals surface area (Å²) in [4.78, 5) is 2.36. The van der Waals surface area contributed by atoms with Crippen molar-refractivity contribution in [3.05, 3.63) is 77.4 Å². The van der Waals surface area contributed by atoms with E-state index in [1.165, 1.54) is 39.2 Å². The fourth-order valence-electron chi connectivity index (χ4n) is 4.03. The Kier molecular flexibility index (Phi) is 4.65. The molecule has 2 nitrogen and oxygen atoms in total. The van der Waals surface area contributed by atoms with Crippen LogP contribution in [0, 0.1) is 12.8 Å². The predicted octanol–water partition coefficient (Wildman–Crippen LogP) is 6.40. The SMILES string of the molecule is Cc1cc2c(cc1Nc1ccccc1)Cc1ccc(N(C)CC(C)C)cc1-2. The smallest absolute Gasteiger partial charge is 0.0417 e. The van der Waals surface area contributed by atoms with Gasteiger partial charge in [-0.1, -0.05) is 38.1 Å². The van der Waals surface area contributed by atoms with Gasteiger partial charge in [0.05, 0.1) is 0 Å². The van der Waals surface area contributed by atoms with Gasteiger partial charge < -0.3 is 10.2 Å². The average Bonchev–Trinajstić information content (AvgIpc) is 2.99. The van der Waals surface area contributed by atoms with E-state index in [2.05, 4.69) is 92.6 Å². The van der Waals surface area contributed by atoms with Gasteiger partial charge in [-0.2, -0.15) is 0 Å². The number of hydrogen-bond donors (Lipinski definition) is 1. The molecule has 0 aromatic heterocycles. The first kappa shape index (κ1) is 17.7. The fraction of sp³-hybridized carbons (Fsp3) is 0.280. The van der Waals surface area contributed by atoms with Crippen LogP contribution in [0.3, 0.4) is 0 Å². The van der Waals surface area contributed by atoms with Crippen LogP contribution < -0.4 is 10.2 Å². The minimum Gasteiger partial charge on any atom is -0.374 e. The van der Waals surface area contributed by atoms with Gasteiger partial charge in [0.1, 0.15) is 0 Å². The topological polar surface area (TPSA) is 15.3 Å². The number of para-hydroxylation sites is 1. The van der Waals surface area contributed by atoms with Crippen molar-refractivity contribution in [1.82, 2.24) is 0 Å². The zero-order valence-corrected chi connectivity index (χ0v) is 16.7. The van der Waals surface area contributed by atoms with Crippen molar-refractivity contribution < 1.29 is 0 Å². The molecule has 0 amide bonds. The van der Waals surface area contributed by atoms with Gasteiger partial charge in [0.15, 0.2) is 0 Å². The molecule has 3 aromatic carbocycles. The molecule has 27 heavy (non-hydrogen) atoms. The van der Waals surface area contributed by atoms with E-state index in [1.54, 1.807) is 0 Å². The Bertz CT molecular complexity index is 958. The maximum absolute atomic E-state index is 3.57. The van der Waals surface area contributed by atoms with Crippen molar-refractivity contribution in [3.63, 3.8) is 0 Å². The summed E-state index contributed by atoms with van der Waals surface area (Å²) in [6, 6.07) is 22.0. The van der Waals surface area contributed by atoms with E-state index in [-0.39, 0.29) is 0 Å². The van der Waals surface area contributed by atoms with Crippen molar-refractivity contribution in [1.29, 1.82) is 0 Å². The summed E-state index contributed by atoms with van der Waals surface area (Å²) < 4.78 is 0. The third-order valence-corrected chi connectivity index (χ3v) is 5.35. The summed E-state index contributed by atoms with van der Waals surface area (Å²) in [6.07, 6.45) is 1.02. The van der Waals surface area contributed by atoms with Crippen molar-refractivity contribution in [2.45, 2.75) is 27.2 Å². The molecule has 0 unspecified atom stereocenters. The average molecular weight is 357 g/mol. The van der Waals surface area contributed by atoms with Gasteiger partial charge in [-0.05, 0) is 83.5 Å². The lowest BCUT2D eigenvalue weighted by Crippen LogP contribution is -2.22. The van der Waals surface area contributed by atoms with Crippen molar-refractivity contribution in [3.8, 4) is 11.1 Å². The summed E-state index contributed by atoms with van der Waals surface area (Å²) in [5, 5.41) is 3.57. The van der Waals surface area contributed by atoms with Crippen LogP contribution in [0.15, 0.2) is 60.7 Å². The van der Waals surface area contributed by atoms with Gasteiger partial charge >= 0.3 is 0 Å². The van der Waals surface area contributed by atoms with Gasteiger partial charge in [-0.25, -0.2) is 0 Å². The number of nitrogens with zero attached hydrogens (tertiary/aromatic N) is 1. The number of benzene rings is 3. The molecule has 0 saturated heterocycles. The van der Waals surface area contributed by atoms with Crippen LogP contribution in [0.25, 0.3) is 11.1 Å². The fourth-order valence-corrected chi connectivity index (χ4v) is 4.03. The van der Waals surface area contributed by atoms with E-state index in [9.17, 15) is 0 Å². The zero-order chi connectivity index (χ0) is 19.0. The maximum atomic E-state index is 3.57. The number of nitrogens with one attached hydrogen (secondary N) is 1. The molecule has 138 valence electrons. The van der Waals surface area contributed by atoms with Gasteiger partial charge in [0, 0.05) is 30.7 Å². The molecule has 1 aliphatic carbocycles. The highest BCUT2D eigenvalue weighted by Crippen LogP contribution is 2.41. The number of aryl methyl sites for hydroxylation is 1. The van der Waals surface area contributed by atoms with E-state index < -0.39 is 0 Å². The Balaban J connectivity index is 1.66. The van der Waals surface area contributed by atoms with Gasteiger partial charge in [-0.15, -0.1) is 0 Å². The Hall–Kier alpha value is -2.74. The molecule has 2 heteroatoms. The molecule has 3 aromatic rings. The highest BCUT2D eigenvalue weighted by molar-refractivity contribution is 5.83. The van der Waals surface area contributed by atoms with Crippen LogP contribution in [0.4, 0.5) is 17.1 Å². The monoisotopic (exact) mass is 356 g/mol. The van der Waals surface area contributed by atoms with Gasteiger partial charge in [0.2, 0.25) is 0 Å². The molecular formula is C25H28N2. The molecule has 0 atom stereocenters. The van der Waals surface area contributed by atoms with E-state index >= 15 is 0 Å². The first-order valence-electron chi connectivity index (χ1n) is 9.81. The van der Waals surface area contributed by atoms with Crippen LogP contribution >= 0.6 is 0 Å². The molecule has 1 N–H and O–H groups in total. The normalized spacial score (nSPS) is 12.0. The van der Waals surface area contributed by atoms with E-state index in [1.807, 2.05) is 6.07 Å². The molecule has 0 bridgehead atoms. The second kappa shape index (κ2) is 7.11. The largest absolute Gasteiger partial charge is 0.374 e. The molecular weight excluding hydrogens is 328 g/mol. The van der Waals surface area contributed by atoms with Crippen LogP contribution in [-0.4, -0.2) is 13.6 Å². The quantitative estimate of drug-likeness (QED) is 0.445. The summed E-state index contributed by atoms with van der Waals surface area (Å²) >= 11 is 0. The van der Waals surface area contributed by atoms with Gasteiger partial charge in [-0.3, -0.25) is 0 Å². The third-order valence-electron chi connectivity index (χ3n) is 5.35.